The SMILES string of the molecule is Cc1cc(C)c([SH2+])c(C)c1.O=C([O-])c1ccc(C(F)(F)F)cc1.c1ccc(-c2ccccc2)cc1. The van der Waals surface area contributed by atoms with E-state index in [0.29, 0.717) is 12.1 Å². The second kappa shape index (κ2) is 12.8. The summed E-state index contributed by atoms with van der Waals surface area (Å²) in [4.78, 5) is 11.4. The lowest BCUT2D eigenvalue weighted by atomic mass is 10.1. The van der Waals surface area contributed by atoms with Crippen LogP contribution in [0.25, 0.3) is 11.1 Å². The van der Waals surface area contributed by atoms with Crippen molar-refractivity contribution in [3.8, 4) is 11.1 Å². The van der Waals surface area contributed by atoms with Gasteiger partial charge in [-0.3, -0.25) is 0 Å². The second-order valence-corrected chi connectivity index (χ2v) is 8.37. The Kier molecular flexibility index (Phi) is 10.2. The Bertz CT molecular complexity index is 1160. The average molecular weight is 497 g/mol. The van der Waals surface area contributed by atoms with Crippen molar-refractivity contribution < 1.29 is 23.1 Å². The van der Waals surface area contributed by atoms with Crippen molar-refractivity contribution in [3.63, 3.8) is 0 Å². The highest BCUT2D eigenvalue weighted by atomic mass is 32.1. The molecule has 0 aliphatic rings. The summed E-state index contributed by atoms with van der Waals surface area (Å²) in [6.07, 6.45) is -4.44. The number of aromatic carboxylic acids is 1. The minimum absolute atomic E-state index is 0.270. The molecule has 0 aliphatic heterocycles. The Labute approximate surface area is 209 Å². The molecule has 6 heteroatoms. The Balaban J connectivity index is 0.000000187. The van der Waals surface area contributed by atoms with Crippen LogP contribution in [0.15, 0.2) is 102 Å². The monoisotopic (exact) mass is 496 g/mol. The largest absolute Gasteiger partial charge is 0.545 e. The van der Waals surface area contributed by atoms with Crippen molar-refractivity contribution in [2.24, 2.45) is 0 Å². The molecule has 0 fully saturated rings. The normalized spacial score (nSPS) is 10.4. The number of rotatable bonds is 2. The van der Waals surface area contributed by atoms with Gasteiger partial charge in [-0.05, 0) is 62.2 Å². The third kappa shape index (κ3) is 8.98. The van der Waals surface area contributed by atoms with Crippen LogP contribution in [0.1, 0.15) is 32.6 Å². The lowest BCUT2D eigenvalue weighted by molar-refractivity contribution is -0.255. The summed E-state index contributed by atoms with van der Waals surface area (Å²) in [6, 6.07) is 28.3. The molecule has 35 heavy (non-hydrogen) atoms. The first-order chi connectivity index (χ1) is 16.5. The van der Waals surface area contributed by atoms with Crippen LogP contribution >= 0.6 is 0 Å². The molecule has 0 saturated carbocycles. The van der Waals surface area contributed by atoms with Crippen LogP contribution in [0, 0.1) is 20.8 Å². The number of hydrogen-bond acceptors (Lipinski definition) is 2. The van der Waals surface area contributed by atoms with Gasteiger partial charge in [0.2, 0.25) is 0 Å². The van der Waals surface area contributed by atoms with Crippen molar-refractivity contribution in [1.29, 1.82) is 0 Å². The highest BCUT2D eigenvalue weighted by Gasteiger charge is 2.29. The molecule has 4 rings (SSSR count). The molecule has 0 spiro atoms. The summed E-state index contributed by atoms with van der Waals surface area (Å²) in [5, 5.41) is 10.2. The molecule has 0 heterocycles. The van der Waals surface area contributed by atoms with Crippen LogP contribution < -0.4 is 5.11 Å². The summed E-state index contributed by atoms with van der Waals surface area (Å²) < 4.78 is 35.9. The van der Waals surface area contributed by atoms with Gasteiger partial charge in [0.25, 0.3) is 0 Å². The van der Waals surface area contributed by atoms with Crippen molar-refractivity contribution >= 4 is 18.6 Å². The lowest BCUT2D eigenvalue weighted by Gasteiger charge is -2.07. The molecule has 0 amide bonds. The maximum absolute atomic E-state index is 12.0. The predicted octanol–water partition coefficient (Wildman–Crippen LogP) is 6.40. The molecule has 0 saturated heterocycles. The molecule has 0 atom stereocenters. The summed E-state index contributed by atoms with van der Waals surface area (Å²) >= 11 is 3.56. The zero-order valence-electron chi connectivity index (χ0n) is 19.7. The number of carboxylic acids is 1. The molecule has 0 unspecified atom stereocenters. The fourth-order valence-corrected chi connectivity index (χ4v) is 3.38. The van der Waals surface area contributed by atoms with Crippen LogP contribution in [-0.4, -0.2) is 5.97 Å². The molecule has 2 nitrogen and oxygen atoms in total. The number of aryl methyl sites for hydroxylation is 3. The minimum atomic E-state index is -4.44. The van der Waals surface area contributed by atoms with E-state index in [0.717, 1.165) is 12.1 Å². The zero-order chi connectivity index (χ0) is 26.0. The Morgan fingerprint density at radius 3 is 1.46 bits per heavy atom. The average Bonchev–Trinajstić information content (AvgIpc) is 2.84. The van der Waals surface area contributed by atoms with E-state index >= 15 is 0 Å². The van der Waals surface area contributed by atoms with Crippen molar-refractivity contribution in [1.82, 2.24) is 0 Å². The quantitative estimate of drug-likeness (QED) is 0.301. The van der Waals surface area contributed by atoms with E-state index in [1.165, 1.54) is 32.7 Å². The van der Waals surface area contributed by atoms with Gasteiger partial charge in [-0.1, -0.05) is 90.5 Å². The molecule has 0 aromatic heterocycles. The first kappa shape index (κ1) is 27.7. The summed E-state index contributed by atoms with van der Waals surface area (Å²) in [7, 11) is 0. The van der Waals surface area contributed by atoms with Gasteiger partial charge in [-0.15, -0.1) is 0 Å². The van der Waals surface area contributed by atoms with Crippen LogP contribution in [0.2, 0.25) is 0 Å². The first-order valence-electron chi connectivity index (χ1n) is 10.8. The Hall–Kier alpha value is -3.51. The van der Waals surface area contributed by atoms with E-state index in [1.54, 1.807) is 0 Å². The smallest absolute Gasteiger partial charge is 0.416 e. The number of alkyl halides is 3. The number of halogens is 3. The summed E-state index contributed by atoms with van der Waals surface area (Å²) in [5.41, 5.74) is 5.36. The van der Waals surface area contributed by atoms with Gasteiger partial charge in [0, 0.05) is 11.1 Å². The van der Waals surface area contributed by atoms with Gasteiger partial charge in [-0.25, -0.2) is 0 Å². The maximum atomic E-state index is 12.0. The fourth-order valence-electron chi connectivity index (χ4n) is 3.24. The Morgan fingerprint density at radius 1 is 0.714 bits per heavy atom. The third-order valence-corrected chi connectivity index (χ3v) is 5.79. The van der Waals surface area contributed by atoms with E-state index in [9.17, 15) is 23.1 Å². The van der Waals surface area contributed by atoms with Gasteiger partial charge in [0.05, 0.1) is 11.5 Å². The van der Waals surface area contributed by atoms with Gasteiger partial charge in [0.1, 0.15) is 0 Å². The summed E-state index contributed by atoms with van der Waals surface area (Å²) in [6.45, 7) is 6.34. The van der Waals surface area contributed by atoms with Gasteiger partial charge < -0.3 is 9.90 Å². The predicted molar refractivity (Wildman–Crippen MR) is 137 cm³/mol. The molecule has 4 aromatic rings. The van der Waals surface area contributed by atoms with Crippen molar-refractivity contribution in [2.45, 2.75) is 31.8 Å². The maximum Gasteiger partial charge on any atom is 0.416 e. The topological polar surface area (TPSA) is 40.1 Å². The third-order valence-electron chi connectivity index (χ3n) is 5.01. The molecule has 0 radical (unpaired) electrons. The molecule has 0 bridgehead atoms. The van der Waals surface area contributed by atoms with E-state index in [-0.39, 0.29) is 5.56 Å². The van der Waals surface area contributed by atoms with Gasteiger partial charge in [-0.2, -0.15) is 13.2 Å². The first-order valence-corrected chi connectivity index (χ1v) is 11.3. The van der Waals surface area contributed by atoms with Crippen LogP contribution in [0.4, 0.5) is 13.2 Å². The lowest BCUT2D eigenvalue weighted by Crippen LogP contribution is -2.22. The molecule has 182 valence electrons. The molecule has 0 aliphatic carbocycles. The Morgan fingerprint density at radius 2 is 1.11 bits per heavy atom. The highest BCUT2D eigenvalue weighted by Crippen LogP contribution is 2.29. The van der Waals surface area contributed by atoms with Crippen molar-refractivity contribution in [3.05, 3.63) is 125 Å². The zero-order valence-corrected chi connectivity index (χ0v) is 20.7. The molecule has 4 aromatic carbocycles. The highest BCUT2D eigenvalue weighted by molar-refractivity contribution is 7.58. The van der Waals surface area contributed by atoms with E-state index in [1.807, 2.05) is 12.1 Å². The van der Waals surface area contributed by atoms with Gasteiger partial charge >= 0.3 is 6.18 Å². The minimum Gasteiger partial charge on any atom is -0.545 e. The molecular formula is C29H27F3O2S. The van der Waals surface area contributed by atoms with Crippen LogP contribution in [0.3, 0.4) is 0 Å². The van der Waals surface area contributed by atoms with E-state index < -0.39 is 17.7 Å². The number of carboxylic acid groups (broad SMARTS) is 1. The van der Waals surface area contributed by atoms with Crippen LogP contribution in [0.5, 0.6) is 0 Å². The second-order valence-electron chi connectivity index (χ2n) is 7.87. The van der Waals surface area contributed by atoms with Crippen molar-refractivity contribution in [2.75, 3.05) is 0 Å². The van der Waals surface area contributed by atoms with E-state index in [4.69, 9.17) is 0 Å². The molecule has 0 N–H and O–H groups in total. The number of carbonyl (C=O) groups is 1. The van der Waals surface area contributed by atoms with Gasteiger partial charge in [0.15, 0.2) is 4.90 Å². The summed E-state index contributed by atoms with van der Waals surface area (Å²) in [5.74, 6) is -1.49. The standard InChI is InChI=1S/C12H10.C9H12S.C8H5F3O2/c1-3-7-11(8-4-1)12-9-5-2-6-10-12;1-6-4-7(2)9(10)8(3)5-6;9-8(10,11)6-3-1-5(2-4-6)7(12)13/h1-10H;4-5,10H,1-3H3;1-4H,(H,12,13). The molecular weight excluding hydrogens is 469 g/mol. The fraction of sp³-hybridized carbons (Fsp3) is 0.138. The number of carbonyl (C=O) groups excluding carboxylic acids is 1. The number of benzene rings is 4. The van der Waals surface area contributed by atoms with Crippen LogP contribution in [-0.2, 0) is 18.8 Å². The number of hydrogen-bond donors (Lipinski definition) is 0. The van der Waals surface area contributed by atoms with E-state index in [2.05, 4.69) is 94.1 Å².